The molecule has 1 aromatic heterocycles. The maximum atomic E-state index is 12.3. The monoisotopic (exact) mass is 396 g/mol. The highest BCUT2D eigenvalue weighted by Gasteiger charge is 2.14. The zero-order valence-corrected chi connectivity index (χ0v) is 16.5. The second-order valence-corrected chi connectivity index (χ2v) is 7.27. The van der Waals surface area contributed by atoms with Gasteiger partial charge in [0.15, 0.2) is 11.5 Å². The van der Waals surface area contributed by atoms with Crippen molar-refractivity contribution >= 4 is 34.3 Å². The molecule has 0 aliphatic carbocycles. The van der Waals surface area contributed by atoms with Gasteiger partial charge in [-0.05, 0) is 55.8 Å². The number of hydrogen-bond acceptors (Lipinski definition) is 6. The lowest BCUT2D eigenvalue weighted by Crippen LogP contribution is -2.14. The third-order valence-electron chi connectivity index (χ3n) is 4.24. The smallest absolute Gasteiger partial charge is 0.234 e. The van der Waals surface area contributed by atoms with Crippen molar-refractivity contribution in [3.63, 3.8) is 0 Å². The van der Waals surface area contributed by atoms with Crippen LogP contribution in [0, 0.1) is 6.92 Å². The Morgan fingerprint density at radius 3 is 2.89 bits per heavy atom. The normalized spacial score (nSPS) is 12.2. The second-order valence-electron chi connectivity index (χ2n) is 6.30. The van der Waals surface area contributed by atoms with Crippen molar-refractivity contribution in [1.82, 2.24) is 4.98 Å². The predicted molar refractivity (Wildman–Crippen MR) is 110 cm³/mol. The van der Waals surface area contributed by atoms with Crippen LogP contribution in [0.1, 0.15) is 12.5 Å². The van der Waals surface area contributed by atoms with Gasteiger partial charge in [-0.25, -0.2) is 4.98 Å². The fraction of sp³-hybridized carbons (Fsp3) is 0.238. The molecule has 3 aromatic rings. The van der Waals surface area contributed by atoms with Gasteiger partial charge < -0.3 is 19.5 Å². The van der Waals surface area contributed by atoms with Gasteiger partial charge in [0.25, 0.3) is 0 Å². The van der Waals surface area contributed by atoms with Gasteiger partial charge in [-0.15, -0.1) is 0 Å². The average Bonchev–Trinajstić information content (AvgIpc) is 3.14. The number of carbonyl (C=O) groups is 1. The molecular weight excluding hydrogens is 376 g/mol. The summed E-state index contributed by atoms with van der Waals surface area (Å²) in [5.41, 5.74) is 2.59. The number of aromatic nitrogens is 1. The van der Waals surface area contributed by atoms with Crippen LogP contribution in [-0.2, 0) is 4.79 Å². The molecule has 0 saturated heterocycles. The number of benzene rings is 2. The molecule has 2 aromatic carbocycles. The maximum Gasteiger partial charge on any atom is 0.234 e. The number of rotatable bonds is 6. The minimum atomic E-state index is -0.100. The van der Waals surface area contributed by atoms with Gasteiger partial charge in [0.1, 0.15) is 10.8 Å². The van der Waals surface area contributed by atoms with Gasteiger partial charge in [-0.3, -0.25) is 4.79 Å². The third kappa shape index (κ3) is 3.99. The number of anilines is 1. The van der Waals surface area contributed by atoms with Gasteiger partial charge >= 0.3 is 0 Å². The van der Waals surface area contributed by atoms with Gasteiger partial charge in [0.05, 0.1) is 17.9 Å². The molecule has 28 heavy (non-hydrogen) atoms. The molecule has 0 unspecified atom stereocenters. The van der Waals surface area contributed by atoms with E-state index < -0.39 is 0 Å². The first-order chi connectivity index (χ1) is 13.6. The molecule has 2 heterocycles. The molecule has 1 aliphatic rings. The minimum Gasteiger partial charge on any atom is -0.494 e. The Morgan fingerprint density at radius 1 is 1.18 bits per heavy atom. The SMILES string of the molecule is CCOc1ccc2nc(SCC(=O)Nc3ccc4c(c3)OCO4)c(C)cc2c1. The van der Waals surface area contributed by atoms with Crippen LogP contribution in [0.25, 0.3) is 10.9 Å². The highest BCUT2D eigenvalue weighted by molar-refractivity contribution is 8.00. The Balaban J connectivity index is 1.42. The summed E-state index contributed by atoms with van der Waals surface area (Å²) in [6.07, 6.45) is 0. The van der Waals surface area contributed by atoms with E-state index in [4.69, 9.17) is 19.2 Å². The molecule has 0 fully saturated rings. The summed E-state index contributed by atoms with van der Waals surface area (Å²) in [7, 11) is 0. The summed E-state index contributed by atoms with van der Waals surface area (Å²) in [5, 5.41) is 4.75. The number of ether oxygens (including phenoxy) is 3. The zero-order chi connectivity index (χ0) is 19.5. The Bertz CT molecular complexity index is 1040. The predicted octanol–water partition coefficient (Wildman–Crippen LogP) is 4.40. The van der Waals surface area contributed by atoms with E-state index in [-0.39, 0.29) is 18.5 Å². The summed E-state index contributed by atoms with van der Waals surface area (Å²) in [4.78, 5) is 17.0. The van der Waals surface area contributed by atoms with Gasteiger partial charge in [0, 0.05) is 17.1 Å². The van der Waals surface area contributed by atoms with E-state index >= 15 is 0 Å². The summed E-state index contributed by atoms with van der Waals surface area (Å²) in [6, 6.07) is 13.3. The Morgan fingerprint density at radius 2 is 2.04 bits per heavy atom. The highest BCUT2D eigenvalue weighted by atomic mass is 32.2. The van der Waals surface area contributed by atoms with Gasteiger partial charge in [-0.1, -0.05) is 11.8 Å². The van der Waals surface area contributed by atoms with Crippen LogP contribution in [0.15, 0.2) is 47.5 Å². The molecule has 1 N–H and O–H groups in total. The van der Waals surface area contributed by atoms with Crippen LogP contribution in [0.4, 0.5) is 5.69 Å². The molecule has 6 nitrogen and oxygen atoms in total. The molecule has 0 bridgehead atoms. The summed E-state index contributed by atoms with van der Waals surface area (Å²) >= 11 is 1.42. The standard InChI is InChI=1S/C21H20N2O4S/c1-3-25-16-5-6-17-14(9-16)8-13(2)21(23-17)28-11-20(24)22-15-4-7-18-19(10-15)27-12-26-18/h4-10H,3,11-12H2,1-2H3,(H,22,24). The first-order valence-electron chi connectivity index (χ1n) is 8.99. The van der Waals surface area contributed by atoms with Crippen molar-refractivity contribution in [3.05, 3.63) is 48.0 Å². The molecule has 1 amide bonds. The molecule has 0 saturated carbocycles. The number of nitrogens with one attached hydrogen (secondary N) is 1. The Hall–Kier alpha value is -2.93. The number of amides is 1. The maximum absolute atomic E-state index is 12.3. The fourth-order valence-corrected chi connectivity index (χ4v) is 3.74. The fourth-order valence-electron chi connectivity index (χ4n) is 2.95. The van der Waals surface area contributed by atoms with Crippen molar-refractivity contribution in [2.24, 2.45) is 0 Å². The van der Waals surface area contributed by atoms with Crippen LogP contribution in [0.5, 0.6) is 17.2 Å². The largest absolute Gasteiger partial charge is 0.494 e. The summed E-state index contributed by atoms with van der Waals surface area (Å²) < 4.78 is 16.2. The van der Waals surface area contributed by atoms with Crippen LogP contribution in [0.3, 0.4) is 0 Å². The molecule has 7 heteroatoms. The van der Waals surface area contributed by atoms with E-state index in [0.717, 1.165) is 27.2 Å². The van der Waals surface area contributed by atoms with Gasteiger partial charge in [-0.2, -0.15) is 0 Å². The lowest BCUT2D eigenvalue weighted by molar-refractivity contribution is -0.113. The minimum absolute atomic E-state index is 0.100. The number of aryl methyl sites for hydroxylation is 1. The first-order valence-corrected chi connectivity index (χ1v) is 9.97. The van der Waals surface area contributed by atoms with E-state index in [1.807, 2.05) is 32.0 Å². The molecule has 144 valence electrons. The van der Waals surface area contributed by atoms with Crippen molar-refractivity contribution in [2.75, 3.05) is 24.5 Å². The average molecular weight is 396 g/mol. The molecular formula is C21H20N2O4S. The van der Waals surface area contributed by atoms with Crippen molar-refractivity contribution in [3.8, 4) is 17.2 Å². The highest BCUT2D eigenvalue weighted by Crippen LogP contribution is 2.34. The van der Waals surface area contributed by atoms with E-state index in [0.29, 0.717) is 23.8 Å². The summed E-state index contributed by atoms with van der Waals surface area (Å²) in [5.74, 6) is 2.33. The third-order valence-corrected chi connectivity index (χ3v) is 5.33. The summed E-state index contributed by atoms with van der Waals surface area (Å²) in [6.45, 7) is 4.80. The molecule has 0 spiro atoms. The van der Waals surface area contributed by atoms with E-state index in [9.17, 15) is 4.79 Å². The molecule has 4 rings (SSSR count). The van der Waals surface area contributed by atoms with E-state index in [1.54, 1.807) is 18.2 Å². The number of thioether (sulfide) groups is 1. The van der Waals surface area contributed by atoms with Crippen LogP contribution in [-0.4, -0.2) is 30.0 Å². The number of fused-ring (bicyclic) bond motifs is 2. The van der Waals surface area contributed by atoms with Crippen LogP contribution < -0.4 is 19.5 Å². The van der Waals surface area contributed by atoms with Crippen LogP contribution >= 0.6 is 11.8 Å². The molecule has 0 radical (unpaired) electrons. The lowest BCUT2D eigenvalue weighted by Gasteiger charge is -2.09. The zero-order valence-electron chi connectivity index (χ0n) is 15.7. The quantitative estimate of drug-likeness (QED) is 0.623. The number of pyridine rings is 1. The number of carbonyl (C=O) groups excluding carboxylic acids is 1. The Labute approximate surface area is 167 Å². The van der Waals surface area contributed by atoms with E-state index in [1.165, 1.54) is 11.8 Å². The van der Waals surface area contributed by atoms with Crippen molar-refractivity contribution in [1.29, 1.82) is 0 Å². The second kappa shape index (κ2) is 7.98. The van der Waals surface area contributed by atoms with Crippen molar-refractivity contribution in [2.45, 2.75) is 18.9 Å². The lowest BCUT2D eigenvalue weighted by atomic mass is 10.1. The first kappa shape index (κ1) is 18.4. The molecule has 0 atom stereocenters. The number of hydrogen-bond donors (Lipinski definition) is 1. The van der Waals surface area contributed by atoms with Crippen LogP contribution in [0.2, 0.25) is 0 Å². The number of nitrogens with zero attached hydrogens (tertiary/aromatic N) is 1. The van der Waals surface area contributed by atoms with Crippen molar-refractivity contribution < 1.29 is 19.0 Å². The van der Waals surface area contributed by atoms with E-state index in [2.05, 4.69) is 11.4 Å². The molecule has 1 aliphatic heterocycles. The topological polar surface area (TPSA) is 69.7 Å². The Kier molecular flexibility index (Phi) is 5.25. The van der Waals surface area contributed by atoms with Gasteiger partial charge in [0.2, 0.25) is 12.7 Å².